The van der Waals surface area contributed by atoms with Crippen LogP contribution < -0.4 is 0 Å². The molecule has 4 aliphatic rings. The van der Waals surface area contributed by atoms with Gasteiger partial charge in [0.2, 0.25) is 0 Å². The van der Waals surface area contributed by atoms with Crippen LogP contribution in [0.15, 0.2) is 0 Å². The molecular weight excluding hydrogens is 396 g/mol. The summed E-state index contributed by atoms with van der Waals surface area (Å²) in [6.07, 6.45) is 8.94. The summed E-state index contributed by atoms with van der Waals surface area (Å²) in [5, 5.41) is 22.1. The van der Waals surface area contributed by atoms with Crippen molar-refractivity contribution in [3.8, 4) is 0 Å². The fourth-order valence-electron chi connectivity index (χ4n) is 9.42. The Balaban J connectivity index is 1.61. The summed E-state index contributed by atoms with van der Waals surface area (Å²) in [5.74, 6) is 3.49. The SMILES string of the molecule is CC[C@@H]1C2C[C@H](O)CCC2(C)[C@H]2CCC3(C)[C@@H]([C@H](C)CCS(=O)[O-])CC[C@H]3[C@H]2[C@@H]1O. The summed E-state index contributed by atoms with van der Waals surface area (Å²) in [4.78, 5) is 0. The first kappa shape index (κ1) is 23.2. The fourth-order valence-corrected chi connectivity index (χ4v) is 9.98. The molecule has 4 fully saturated rings. The lowest BCUT2D eigenvalue weighted by Gasteiger charge is -2.64. The molecule has 30 heavy (non-hydrogen) atoms. The van der Waals surface area contributed by atoms with Crippen LogP contribution in [0, 0.1) is 52.3 Å². The van der Waals surface area contributed by atoms with Crippen molar-refractivity contribution in [2.45, 2.75) is 97.7 Å². The van der Waals surface area contributed by atoms with Crippen LogP contribution in [0.25, 0.3) is 0 Å². The fraction of sp³-hybridized carbons (Fsp3) is 1.00. The van der Waals surface area contributed by atoms with Gasteiger partial charge in [0.15, 0.2) is 0 Å². The Kier molecular flexibility index (Phi) is 6.51. The number of hydrogen-bond acceptors (Lipinski definition) is 4. The predicted molar refractivity (Wildman–Crippen MR) is 119 cm³/mol. The first-order valence-electron chi connectivity index (χ1n) is 12.6. The molecule has 0 saturated heterocycles. The van der Waals surface area contributed by atoms with E-state index in [1.165, 1.54) is 25.7 Å². The molecule has 4 unspecified atom stereocenters. The van der Waals surface area contributed by atoms with Gasteiger partial charge < -0.3 is 14.8 Å². The van der Waals surface area contributed by atoms with Gasteiger partial charge in [-0.3, -0.25) is 4.21 Å². The van der Waals surface area contributed by atoms with Gasteiger partial charge in [0.05, 0.1) is 12.2 Å². The second-order valence-corrected chi connectivity index (χ2v) is 12.9. The first-order valence-corrected chi connectivity index (χ1v) is 13.8. The Morgan fingerprint density at radius 3 is 2.37 bits per heavy atom. The van der Waals surface area contributed by atoms with Gasteiger partial charge >= 0.3 is 0 Å². The van der Waals surface area contributed by atoms with E-state index in [4.69, 9.17) is 0 Å². The van der Waals surface area contributed by atoms with Crippen molar-refractivity contribution in [2.24, 2.45) is 52.3 Å². The Bertz CT molecular complexity index is 655. The smallest absolute Gasteiger partial charge is 0.0605 e. The summed E-state index contributed by atoms with van der Waals surface area (Å²) in [5.41, 5.74) is 0.468. The van der Waals surface area contributed by atoms with Gasteiger partial charge in [0.25, 0.3) is 0 Å². The summed E-state index contributed by atoms with van der Waals surface area (Å²) in [7, 11) is 0. The molecule has 0 radical (unpaired) electrons. The molecule has 4 saturated carbocycles. The van der Waals surface area contributed by atoms with E-state index in [0.717, 1.165) is 32.1 Å². The number of rotatable bonds is 5. The zero-order valence-corrected chi connectivity index (χ0v) is 20.2. The lowest BCUT2D eigenvalue weighted by molar-refractivity contribution is -0.203. The first-order chi connectivity index (χ1) is 14.1. The van der Waals surface area contributed by atoms with Crippen LogP contribution in [-0.4, -0.2) is 36.9 Å². The van der Waals surface area contributed by atoms with Crippen molar-refractivity contribution in [2.75, 3.05) is 5.75 Å². The van der Waals surface area contributed by atoms with E-state index >= 15 is 0 Å². The lowest BCUT2D eigenvalue weighted by Crippen LogP contribution is -2.62. The molecule has 0 heterocycles. The lowest BCUT2D eigenvalue weighted by atomic mass is 9.41. The zero-order chi connectivity index (χ0) is 21.8. The van der Waals surface area contributed by atoms with Crippen LogP contribution in [0.2, 0.25) is 0 Å². The van der Waals surface area contributed by atoms with Gasteiger partial charge in [0.1, 0.15) is 0 Å². The van der Waals surface area contributed by atoms with Gasteiger partial charge in [-0.2, -0.15) is 0 Å². The molecule has 4 aliphatic carbocycles. The van der Waals surface area contributed by atoms with Crippen molar-refractivity contribution in [1.29, 1.82) is 0 Å². The van der Waals surface area contributed by atoms with Crippen LogP contribution in [-0.2, 0) is 11.1 Å². The third-order valence-electron chi connectivity index (χ3n) is 10.9. The van der Waals surface area contributed by atoms with Crippen LogP contribution in [0.3, 0.4) is 0 Å². The topological polar surface area (TPSA) is 80.6 Å². The minimum Gasteiger partial charge on any atom is -0.772 e. The molecule has 4 nitrogen and oxygen atoms in total. The highest BCUT2D eigenvalue weighted by molar-refractivity contribution is 7.79. The van der Waals surface area contributed by atoms with E-state index < -0.39 is 11.1 Å². The second kappa shape index (κ2) is 8.43. The van der Waals surface area contributed by atoms with Crippen molar-refractivity contribution in [3.05, 3.63) is 0 Å². The van der Waals surface area contributed by atoms with Crippen molar-refractivity contribution < 1.29 is 19.0 Å². The summed E-state index contributed by atoms with van der Waals surface area (Å²) in [6.45, 7) is 9.42. The minimum absolute atomic E-state index is 0.196. The van der Waals surface area contributed by atoms with Crippen molar-refractivity contribution in [3.63, 3.8) is 0 Å². The van der Waals surface area contributed by atoms with Crippen LogP contribution in [0.1, 0.15) is 85.5 Å². The maximum atomic E-state index is 11.7. The molecule has 2 N–H and O–H groups in total. The number of aliphatic hydroxyl groups excluding tert-OH is 2. The third kappa shape index (κ3) is 3.54. The van der Waals surface area contributed by atoms with E-state index in [2.05, 4.69) is 27.7 Å². The summed E-state index contributed by atoms with van der Waals surface area (Å²) >= 11 is -1.95. The number of aliphatic hydroxyl groups is 2. The Morgan fingerprint density at radius 1 is 1.03 bits per heavy atom. The molecular formula is C25H43O4S-. The highest BCUT2D eigenvalue weighted by Crippen LogP contribution is 2.69. The highest BCUT2D eigenvalue weighted by Gasteiger charge is 2.64. The standard InChI is InChI=1S/C25H44O4S/c1-5-17-21-14-16(26)8-11-25(21,4)20-9-12-24(3)18(15(2)10-13-30(28)29)6-7-19(24)22(20)23(17)27/h15-23,26-27H,5-14H2,1-4H3,(H,28,29)/p-1/t15-,16-,17-,18-,19+,20+,21?,22-,23-,24?,25?/m1/s1. The maximum absolute atomic E-state index is 11.7. The highest BCUT2D eigenvalue weighted by atomic mass is 32.2. The molecule has 4 rings (SSSR count). The molecule has 12 atom stereocenters. The average Bonchev–Trinajstić information content (AvgIpc) is 3.05. The van der Waals surface area contributed by atoms with E-state index in [9.17, 15) is 19.0 Å². The Hall–Kier alpha value is 0.0300. The minimum atomic E-state index is -1.95. The van der Waals surface area contributed by atoms with Crippen molar-refractivity contribution in [1.82, 2.24) is 0 Å². The maximum Gasteiger partial charge on any atom is 0.0605 e. The van der Waals surface area contributed by atoms with E-state index in [0.29, 0.717) is 41.4 Å². The van der Waals surface area contributed by atoms with Gasteiger partial charge in [0, 0.05) is 5.75 Å². The average molecular weight is 440 g/mol. The third-order valence-corrected chi connectivity index (χ3v) is 11.5. The second-order valence-electron chi connectivity index (χ2n) is 11.9. The molecule has 0 aromatic heterocycles. The molecule has 174 valence electrons. The molecule has 0 spiro atoms. The number of fused-ring (bicyclic) bond motifs is 5. The van der Waals surface area contributed by atoms with Gasteiger partial charge in [-0.05, 0) is 104 Å². The monoisotopic (exact) mass is 439 g/mol. The van der Waals surface area contributed by atoms with Crippen LogP contribution >= 0.6 is 0 Å². The molecule has 0 aromatic carbocycles. The summed E-state index contributed by atoms with van der Waals surface area (Å²) in [6, 6.07) is 0. The Morgan fingerprint density at radius 2 is 1.70 bits per heavy atom. The van der Waals surface area contributed by atoms with Crippen molar-refractivity contribution >= 4 is 11.1 Å². The zero-order valence-electron chi connectivity index (χ0n) is 19.4. The van der Waals surface area contributed by atoms with Gasteiger partial charge in [-0.25, -0.2) is 0 Å². The summed E-state index contributed by atoms with van der Waals surface area (Å²) < 4.78 is 22.2. The largest absolute Gasteiger partial charge is 0.772 e. The molecule has 0 amide bonds. The quantitative estimate of drug-likeness (QED) is 0.617. The molecule has 0 aliphatic heterocycles. The van der Waals surface area contributed by atoms with Crippen LogP contribution in [0.5, 0.6) is 0 Å². The van der Waals surface area contributed by atoms with E-state index in [1.807, 2.05) is 0 Å². The van der Waals surface area contributed by atoms with Gasteiger partial charge in [-0.15, -0.1) is 0 Å². The Labute approximate surface area is 185 Å². The molecule has 5 heteroatoms. The predicted octanol–water partition coefficient (Wildman–Crippen LogP) is 4.52. The van der Waals surface area contributed by atoms with Crippen LogP contribution in [0.4, 0.5) is 0 Å². The number of hydrogen-bond donors (Lipinski definition) is 2. The van der Waals surface area contributed by atoms with E-state index in [1.54, 1.807) is 0 Å². The molecule has 0 aromatic rings. The normalized spacial score (nSPS) is 52.8. The molecule has 0 bridgehead atoms. The van der Waals surface area contributed by atoms with Gasteiger partial charge in [-0.1, -0.05) is 45.2 Å². The van der Waals surface area contributed by atoms with E-state index in [-0.39, 0.29) is 28.8 Å².